The number of likely N-dealkylation sites (N-methyl/N-ethyl adjacent to an activating group) is 1. The Bertz CT molecular complexity index is 459. The van der Waals surface area contributed by atoms with Crippen LogP contribution < -0.4 is 0 Å². The lowest BCUT2D eigenvalue weighted by Crippen LogP contribution is -2.51. The van der Waals surface area contributed by atoms with E-state index >= 15 is 0 Å². The third-order valence-electron chi connectivity index (χ3n) is 4.67. The van der Waals surface area contributed by atoms with E-state index in [1.807, 2.05) is 0 Å². The van der Waals surface area contributed by atoms with Crippen LogP contribution in [0.4, 0.5) is 0 Å². The highest BCUT2D eigenvalue weighted by atomic mass is 16.3. The van der Waals surface area contributed by atoms with Crippen LogP contribution in [-0.2, 0) is 6.54 Å². The number of benzene rings is 1. The average molecular weight is 276 g/mol. The summed E-state index contributed by atoms with van der Waals surface area (Å²) in [6.07, 6.45) is 0.874. The van der Waals surface area contributed by atoms with E-state index in [1.54, 1.807) is 0 Å². The molecular weight excluding hydrogens is 248 g/mol. The predicted octanol–water partition coefficient (Wildman–Crippen LogP) is 2.11. The van der Waals surface area contributed by atoms with Gasteiger partial charge in [0.2, 0.25) is 0 Å². The van der Waals surface area contributed by atoms with Crippen molar-refractivity contribution < 1.29 is 5.11 Å². The summed E-state index contributed by atoms with van der Waals surface area (Å²) >= 11 is 0. The Morgan fingerprint density at radius 3 is 2.50 bits per heavy atom. The fraction of sp³-hybridized carbons (Fsp3) is 0.647. The maximum absolute atomic E-state index is 9.18. The molecule has 1 atom stereocenters. The normalized spacial score (nSPS) is 21.4. The van der Waals surface area contributed by atoms with Crippen molar-refractivity contribution in [3.05, 3.63) is 34.4 Å². The van der Waals surface area contributed by atoms with E-state index in [-0.39, 0.29) is 6.61 Å². The van der Waals surface area contributed by atoms with Gasteiger partial charge in [-0.2, -0.15) is 0 Å². The highest BCUT2D eigenvalue weighted by Gasteiger charge is 2.24. The van der Waals surface area contributed by atoms with Crippen LogP contribution in [0.2, 0.25) is 0 Å². The number of hydrogen-bond acceptors (Lipinski definition) is 3. The summed E-state index contributed by atoms with van der Waals surface area (Å²) in [4.78, 5) is 4.90. The Morgan fingerprint density at radius 1 is 1.10 bits per heavy atom. The van der Waals surface area contributed by atoms with Gasteiger partial charge in [0.15, 0.2) is 0 Å². The first-order valence-corrected chi connectivity index (χ1v) is 7.61. The van der Waals surface area contributed by atoms with Gasteiger partial charge in [-0.1, -0.05) is 12.1 Å². The molecule has 1 saturated heterocycles. The molecule has 2 rings (SSSR count). The van der Waals surface area contributed by atoms with E-state index < -0.39 is 0 Å². The Kier molecular flexibility index (Phi) is 5.19. The lowest BCUT2D eigenvalue weighted by molar-refractivity contribution is 0.0742. The van der Waals surface area contributed by atoms with E-state index in [0.29, 0.717) is 6.04 Å². The first-order chi connectivity index (χ1) is 9.51. The highest BCUT2D eigenvalue weighted by molar-refractivity contribution is 5.36. The molecule has 112 valence electrons. The van der Waals surface area contributed by atoms with Crippen molar-refractivity contribution in [1.29, 1.82) is 0 Å². The Labute approximate surface area is 123 Å². The molecule has 0 bridgehead atoms. The zero-order valence-electron chi connectivity index (χ0n) is 13.3. The molecule has 3 heteroatoms. The van der Waals surface area contributed by atoms with Gasteiger partial charge < -0.3 is 10.0 Å². The molecule has 1 fully saturated rings. The summed E-state index contributed by atoms with van der Waals surface area (Å²) in [6.45, 7) is 11.2. The SMILES string of the molecule is Cc1cc(C)c(CN2CCN(C)C(CCO)C2)cc1C. The van der Waals surface area contributed by atoms with Crippen molar-refractivity contribution >= 4 is 0 Å². The topological polar surface area (TPSA) is 26.7 Å². The molecule has 1 unspecified atom stereocenters. The molecule has 1 N–H and O–H groups in total. The van der Waals surface area contributed by atoms with Crippen LogP contribution in [0.3, 0.4) is 0 Å². The standard InChI is InChI=1S/C17H28N2O/c1-13-9-15(3)16(10-14(13)2)11-19-7-6-18(4)17(12-19)5-8-20/h9-10,17,20H,5-8,11-12H2,1-4H3. The second-order valence-electron chi connectivity index (χ2n) is 6.24. The molecule has 0 aliphatic carbocycles. The van der Waals surface area contributed by atoms with E-state index in [1.165, 1.54) is 22.3 Å². The van der Waals surface area contributed by atoms with Crippen LogP contribution in [0.25, 0.3) is 0 Å². The lowest BCUT2D eigenvalue weighted by Gasteiger charge is -2.39. The summed E-state index contributed by atoms with van der Waals surface area (Å²) in [5.41, 5.74) is 5.60. The molecule has 20 heavy (non-hydrogen) atoms. The lowest BCUT2D eigenvalue weighted by atomic mass is 10.00. The van der Waals surface area contributed by atoms with Gasteiger partial charge in [-0.25, -0.2) is 0 Å². The van der Waals surface area contributed by atoms with Crippen LogP contribution in [0.5, 0.6) is 0 Å². The van der Waals surface area contributed by atoms with E-state index in [0.717, 1.165) is 32.6 Å². The van der Waals surface area contributed by atoms with Gasteiger partial charge in [-0.05, 0) is 56.5 Å². The zero-order chi connectivity index (χ0) is 14.7. The van der Waals surface area contributed by atoms with Crippen molar-refractivity contribution in [2.24, 2.45) is 0 Å². The summed E-state index contributed by atoms with van der Waals surface area (Å²) in [7, 11) is 2.17. The highest BCUT2D eigenvalue weighted by Crippen LogP contribution is 2.19. The number of hydrogen-bond donors (Lipinski definition) is 1. The number of nitrogens with zero attached hydrogens (tertiary/aromatic N) is 2. The average Bonchev–Trinajstić information content (AvgIpc) is 2.40. The van der Waals surface area contributed by atoms with Gasteiger partial charge in [0.05, 0.1) is 0 Å². The third kappa shape index (κ3) is 3.60. The second-order valence-corrected chi connectivity index (χ2v) is 6.24. The summed E-state index contributed by atoms with van der Waals surface area (Å²) in [6, 6.07) is 5.12. The predicted molar refractivity (Wildman–Crippen MR) is 84.1 cm³/mol. The maximum Gasteiger partial charge on any atom is 0.0446 e. The minimum Gasteiger partial charge on any atom is -0.396 e. The molecule has 0 spiro atoms. The van der Waals surface area contributed by atoms with Crippen molar-refractivity contribution in [3.63, 3.8) is 0 Å². The van der Waals surface area contributed by atoms with Crippen LogP contribution in [0.15, 0.2) is 12.1 Å². The third-order valence-corrected chi connectivity index (χ3v) is 4.67. The molecule has 0 amide bonds. The van der Waals surface area contributed by atoms with Crippen molar-refractivity contribution in [1.82, 2.24) is 9.80 Å². The minimum absolute atomic E-state index is 0.283. The Morgan fingerprint density at radius 2 is 1.80 bits per heavy atom. The second kappa shape index (κ2) is 6.70. The van der Waals surface area contributed by atoms with Gasteiger partial charge in [0, 0.05) is 38.8 Å². The molecule has 1 aromatic rings. The smallest absolute Gasteiger partial charge is 0.0446 e. The monoisotopic (exact) mass is 276 g/mol. The van der Waals surface area contributed by atoms with Crippen molar-refractivity contribution in [2.75, 3.05) is 33.3 Å². The van der Waals surface area contributed by atoms with E-state index in [9.17, 15) is 5.11 Å². The molecule has 1 heterocycles. The van der Waals surface area contributed by atoms with Crippen LogP contribution >= 0.6 is 0 Å². The zero-order valence-corrected chi connectivity index (χ0v) is 13.3. The molecular formula is C17H28N2O. The maximum atomic E-state index is 9.18. The van der Waals surface area contributed by atoms with E-state index in [2.05, 4.69) is 49.8 Å². The fourth-order valence-corrected chi connectivity index (χ4v) is 3.05. The largest absolute Gasteiger partial charge is 0.396 e. The quantitative estimate of drug-likeness (QED) is 0.912. The number of aliphatic hydroxyl groups is 1. The molecule has 0 aromatic heterocycles. The van der Waals surface area contributed by atoms with Crippen LogP contribution in [0, 0.1) is 20.8 Å². The number of aryl methyl sites for hydroxylation is 3. The minimum atomic E-state index is 0.283. The van der Waals surface area contributed by atoms with Crippen molar-refractivity contribution in [3.8, 4) is 0 Å². The summed E-state index contributed by atoms with van der Waals surface area (Å²) in [5.74, 6) is 0. The van der Waals surface area contributed by atoms with Crippen LogP contribution in [-0.4, -0.2) is 54.2 Å². The van der Waals surface area contributed by atoms with Gasteiger partial charge >= 0.3 is 0 Å². The molecule has 0 radical (unpaired) electrons. The van der Waals surface area contributed by atoms with E-state index in [4.69, 9.17) is 0 Å². The van der Waals surface area contributed by atoms with Crippen molar-refractivity contribution in [2.45, 2.75) is 39.8 Å². The summed E-state index contributed by atoms with van der Waals surface area (Å²) < 4.78 is 0. The first kappa shape index (κ1) is 15.5. The van der Waals surface area contributed by atoms with Crippen LogP contribution in [0.1, 0.15) is 28.7 Å². The molecule has 3 nitrogen and oxygen atoms in total. The molecule has 0 saturated carbocycles. The number of aliphatic hydroxyl groups excluding tert-OH is 1. The molecule has 1 aliphatic heterocycles. The number of piperazine rings is 1. The Balaban J connectivity index is 2.05. The first-order valence-electron chi connectivity index (χ1n) is 7.61. The fourth-order valence-electron chi connectivity index (χ4n) is 3.05. The van der Waals surface area contributed by atoms with Gasteiger partial charge in [-0.15, -0.1) is 0 Å². The molecule has 1 aromatic carbocycles. The molecule has 1 aliphatic rings. The Hall–Kier alpha value is -0.900. The van der Waals surface area contributed by atoms with Gasteiger partial charge in [0.1, 0.15) is 0 Å². The summed E-state index contributed by atoms with van der Waals surface area (Å²) in [5, 5.41) is 9.18. The van der Waals surface area contributed by atoms with Gasteiger partial charge in [-0.3, -0.25) is 4.90 Å². The number of rotatable bonds is 4. The van der Waals surface area contributed by atoms with Gasteiger partial charge in [0.25, 0.3) is 0 Å².